The molecule has 3 aromatic rings. The molecule has 2 aromatic heterocycles. The molecule has 0 spiro atoms. The summed E-state index contributed by atoms with van der Waals surface area (Å²) in [5, 5.41) is 0. The number of rotatable bonds is 5. The molecule has 0 saturated carbocycles. The molecule has 2 fully saturated rings. The molecule has 0 aliphatic carbocycles. The molecule has 5 rings (SSSR count). The van der Waals surface area contributed by atoms with Gasteiger partial charge in [-0.3, -0.25) is 9.13 Å². The third kappa shape index (κ3) is 4.30. The van der Waals surface area contributed by atoms with Crippen molar-refractivity contribution in [3.8, 4) is 22.4 Å². The number of hydrogen-bond donors (Lipinski definition) is 2. The topological polar surface area (TPSA) is 108 Å². The van der Waals surface area contributed by atoms with Crippen molar-refractivity contribution >= 4 is 17.3 Å². The first-order valence-corrected chi connectivity index (χ1v) is 12.3. The van der Waals surface area contributed by atoms with Crippen LogP contribution >= 0.6 is 0 Å². The molecular weight excluding hydrogens is 442 g/mol. The Hall–Kier alpha value is -3.30. The minimum Gasteiger partial charge on any atom is -0.398 e. The van der Waals surface area contributed by atoms with Crippen LogP contribution in [0.4, 0.5) is 17.3 Å². The first-order chi connectivity index (χ1) is 16.8. The van der Waals surface area contributed by atoms with E-state index < -0.39 is 0 Å². The van der Waals surface area contributed by atoms with Crippen LogP contribution in [0, 0.1) is 0 Å². The second kappa shape index (κ2) is 9.39. The zero-order chi connectivity index (χ0) is 24.7. The van der Waals surface area contributed by atoms with Gasteiger partial charge in [-0.05, 0) is 63.2 Å². The normalized spacial score (nSPS) is 19.1. The summed E-state index contributed by atoms with van der Waals surface area (Å²) in [6, 6.07) is 10.7. The second-order valence-corrected chi connectivity index (χ2v) is 9.85. The smallest absolute Gasteiger partial charge is 0.330 e. The predicted octanol–water partition coefficient (Wildman–Crippen LogP) is 2.57. The van der Waals surface area contributed by atoms with E-state index in [-0.39, 0.29) is 11.7 Å². The van der Waals surface area contributed by atoms with E-state index in [1.807, 2.05) is 29.0 Å². The van der Waals surface area contributed by atoms with E-state index in [0.29, 0.717) is 36.5 Å². The van der Waals surface area contributed by atoms with E-state index >= 15 is 0 Å². The minimum absolute atomic E-state index is 0.0326. The summed E-state index contributed by atoms with van der Waals surface area (Å²) in [6.07, 6.45) is 4.59. The highest BCUT2D eigenvalue weighted by atomic mass is 16.5. The van der Waals surface area contributed by atoms with Crippen LogP contribution in [0.3, 0.4) is 0 Å². The van der Waals surface area contributed by atoms with Gasteiger partial charge in [0, 0.05) is 68.4 Å². The third-order valence-corrected chi connectivity index (χ3v) is 7.50. The maximum Gasteiger partial charge on any atom is 0.330 e. The van der Waals surface area contributed by atoms with Gasteiger partial charge in [0.25, 0.3) is 0 Å². The molecule has 35 heavy (non-hydrogen) atoms. The molecule has 9 nitrogen and oxygen atoms in total. The van der Waals surface area contributed by atoms with Gasteiger partial charge in [0.1, 0.15) is 11.6 Å². The molecule has 1 unspecified atom stereocenters. The van der Waals surface area contributed by atoms with Crippen LogP contribution in [0.15, 0.2) is 41.3 Å². The number of likely N-dealkylation sites (N-methyl/N-ethyl adjacent to an activating group) is 1. The number of nitrogens with zero attached hydrogens (tertiary/aromatic N) is 5. The van der Waals surface area contributed by atoms with E-state index in [1.54, 1.807) is 7.05 Å². The number of imidazole rings is 1. The lowest BCUT2D eigenvalue weighted by atomic mass is 10.00. The van der Waals surface area contributed by atoms with Crippen LogP contribution in [-0.4, -0.2) is 65.5 Å². The number of pyridine rings is 1. The zero-order valence-corrected chi connectivity index (χ0v) is 20.8. The van der Waals surface area contributed by atoms with Gasteiger partial charge >= 0.3 is 5.69 Å². The fourth-order valence-corrected chi connectivity index (χ4v) is 5.25. The maximum absolute atomic E-state index is 13.1. The van der Waals surface area contributed by atoms with Crippen LogP contribution in [0.2, 0.25) is 0 Å². The number of nitrogens with two attached hydrogens (primary N) is 2. The lowest BCUT2D eigenvalue weighted by molar-refractivity contribution is 0.0690. The van der Waals surface area contributed by atoms with E-state index in [9.17, 15) is 4.79 Å². The maximum atomic E-state index is 13.1. The molecule has 1 atom stereocenters. The molecule has 2 saturated heterocycles. The minimum atomic E-state index is -0.123. The summed E-state index contributed by atoms with van der Waals surface area (Å²) >= 11 is 0. The molecule has 4 N–H and O–H groups in total. The van der Waals surface area contributed by atoms with E-state index in [2.05, 4.69) is 36.0 Å². The Balaban J connectivity index is 1.49. The van der Waals surface area contributed by atoms with Gasteiger partial charge in [0.2, 0.25) is 0 Å². The van der Waals surface area contributed by atoms with Crippen LogP contribution in [0.5, 0.6) is 0 Å². The Labute approximate surface area is 205 Å². The van der Waals surface area contributed by atoms with Crippen molar-refractivity contribution in [2.24, 2.45) is 7.05 Å². The fourth-order valence-electron chi connectivity index (χ4n) is 5.25. The SMILES string of the molecule is CN(C)C1CCN(c2ccc(-c3ccc(N)c(-c4c(N)n(C)c(=O)n4C4CCOCC4)c3)cn2)C1. The standard InChI is InChI=1S/C26H35N7O2/c1-30(2)20-8-11-32(16-20)23-7-5-18(15-29-23)17-4-6-22(27)21(14-17)24-25(28)31(3)26(34)33(24)19-9-12-35-13-10-19/h4-7,14-15,19-20H,8-13,16,27-28H2,1-3H3. The average molecular weight is 478 g/mol. The van der Waals surface area contributed by atoms with Gasteiger partial charge in [-0.2, -0.15) is 0 Å². The second-order valence-electron chi connectivity index (χ2n) is 9.85. The van der Waals surface area contributed by atoms with E-state index in [1.165, 1.54) is 4.57 Å². The predicted molar refractivity (Wildman–Crippen MR) is 141 cm³/mol. The van der Waals surface area contributed by atoms with Crippen molar-refractivity contribution in [3.05, 3.63) is 47.0 Å². The van der Waals surface area contributed by atoms with Gasteiger partial charge in [-0.1, -0.05) is 6.07 Å². The molecular formula is C26H35N7O2. The number of ether oxygens (including phenoxy) is 1. The Bertz CT molecular complexity index is 1260. The Kier molecular flexibility index (Phi) is 6.29. The molecule has 2 aliphatic heterocycles. The van der Waals surface area contributed by atoms with Crippen molar-refractivity contribution in [2.75, 3.05) is 56.8 Å². The number of anilines is 3. The van der Waals surface area contributed by atoms with Crippen molar-refractivity contribution in [1.82, 2.24) is 19.0 Å². The molecule has 2 aliphatic rings. The monoisotopic (exact) mass is 477 g/mol. The number of aromatic nitrogens is 3. The highest BCUT2D eigenvalue weighted by Crippen LogP contribution is 2.37. The summed E-state index contributed by atoms with van der Waals surface area (Å²) in [7, 11) is 5.97. The van der Waals surface area contributed by atoms with Crippen molar-refractivity contribution in [1.29, 1.82) is 0 Å². The molecule has 9 heteroatoms. The molecule has 1 aromatic carbocycles. The summed E-state index contributed by atoms with van der Waals surface area (Å²) in [6.45, 7) is 3.26. The number of benzene rings is 1. The van der Waals surface area contributed by atoms with Gasteiger partial charge < -0.3 is 26.0 Å². The number of nitrogen functional groups attached to an aromatic ring is 2. The first-order valence-electron chi connectivity index (χ1n) is 12.3. The Morgan fingerprint density at radius 1 is 1.06 bits per heavy atom. The van der Waals surface area contributed by atoms with Crippen LogP contribution in [0.1, 0.15) is 25.3 Å². The zero-order valence-electron chi connectivity index (χ0n) is 20.8. The van der Waals surface area contributed by atoms with Crippen molar-refractivity contribution in [3.63, 3.8) is 0 Å². The molecule has 0 radical (unpaired) electrons. The van der Waals surface area contributed by atoms with Crippen LogP contribution in [-0.2, 0) is 11.8 Å². The summed E-state index contributed by atoms with van der Waals surface area (Å²) in [5.74, 6) is 1.41. The Morgan fingerprint density at radius 2 is 1.80 bits per heavy atom. The summed E-state index contributed by atoms with van der Waals surface area (Å²) in [5.41, 5.74) is 16.8. The average Bonchev–Trinajstić information content (AvgIpc) is 3.45. The summed E-state index contributed by atoms with van der Waals surface area (Å²) < 4.78 is 8.83. The lowest BCUT2D eigenvalue weighted by Gasteiger charge is -2.25. The van der Waals surface area contributed by atoms with Gasteiger partial charge in [-0.25, -0.2) is 9.78 Å². The highest BCUT2D eigenvalue weighted by Gasteiger charge is 2.27. The third-order valence-electron chi connectivity index (χ3n) is 7.50. The van der Waals surface area contributed by atoms with E-state index in [0.717, 1.165) is 54.9 Å². The highest BCUT2D eigenvalue weighted by molar-refractivity contribution is 5.85. The molecule has 0 bridgehead atoms. The van der Waals surface area contributed by atoms with Crippen LogP contribution in [0.25, 0.3) is 22.4 Å². The lowest BCUT2D eigenvalue weighted by Crippen LogP contribution is -2.31. The van der Waals surface area contributed by atoms with Gasteiger partial charge in [-0.15, -0.1) is 0 Å². The van der Waals surface area contributed by atoms with Crippen molar-refractivity contribution < 1.29 is 4.74 Å². The quantitative estimate of drug-likeness (QED) is 0.544. The summed E-state index contributed by atoms with van der Waals surface area (Å²) in [4.78, 5) is 22.5. The molecule has 186 valence electrons. The molecule has 4 heterocycles. The van der Waals surface area contributed by atoms with Crippen molar-refractivity contribution in [2.45, 2.75) is 31.3 Å². The van der Waals surface area contributed by atoms with Gasteiger partial charge in [0.15, 0.2) is 0 Å². The molecule has 0 amide bonds. The van der Waals surface area contributed by atoms with E-state index in [4.69, 9.17) is 21.2 Å². The Morgan fingerprint density at radius 3 is 2.46 bits per heavy atom. The fraction of sp³-hybridized carbons (Fsp3) is 0.462. The first kappa shape index (κ1) is 23.4. The van der Waals surface area contributed by atoms with Gasteiger partial charge in [0.05, 0.1) is 5.69 Å². The number of hydrogen-bond acceptors (Lipinski definition) is 7. The largest absolute Gasteiger partial charge is 0.398 e. The van der Waals surface area contributed by atoms with Crippen LogP contribution < -0.4 is 22.1 Å².